The van der Waals surface area contributed by atoms with Crippen LogP contribution in [0.2, 0.25) is 0 Å². The van der Waals surface area contributed by atoms with Crippen molar-refractivity contribution in [2.45, 2.75) is 64.2 Å². The Morgan fingerprint density at radius 2 is 1.21 bits per heavy atom. The molecule has 0 amide bonds. The van der Waals surface area contributed by atoms with Crippen molar-refractivity contribution in [3.8, 4) is 11.5 Å². The highest BCUT2D eigenvalue weighted by atomic mass is 127. The fourth-order valence-electron chi connectivity index (χ4n) is 4.15. The Morgan fingerprint density at radius 1 is 0.750 bits per heavy atom. The van der Waals surface area contributed by atoms with Crippen molar-refractivity contribution >= 4 is 45.2 Å². The summed E-state index contributed by atoms with van der Waals surface area (Å²) in [6, 6.07) is 13.6. The Labute approximate surface area is 197 Å². The zero-order valence-electron chi connectivity index (χ0n) is 16.9. The van der Waals surface area contributed by atoms with Gasteiger partial charge in [-0.3, -0.25) is 0 Å². The first-order valence-electron chi connectivity index (χ1n) is 10.5. The van der Waals surface area contributed by atoms with E-state index in [9.17, 15) is 0 Å². The summed E-state index contributed by atoms with van der Waals surface area (Å²) in [5, 5.41) is 0. The third-order valence-electron chi connectivity index (χ3n) is 5.60. The monoisotopic (exact) mass is 604 g/mol. The van der Waals surface area contributed by atoms with Gasteiger partial charge in [0, 0.05) is 5.41 Å². The van der Waals surface area contributed by atoms with Gasteiger partial charge < -0.3 is 9.47 Å². The van der Waals surface area contributed by atoms with Crippen LogP contribution in [0.4, 0.5) is 0 Å². The molecule has 0 N–H and O–H groups in total. The lowest BCUT2D eigenvalue weighted by Crippen LogP contribution is -2.30. The molecular weight excluding hydrogens is 574 g/mol. The molecule has 0 radical (unpaired) electrons. The highest BCUT2D eigenvalue weighted by Crippen LogP contribution is 2.46. The molecule has 0 spiro atoms. The van der Waals surface area contributed by atoms with Gasteiger partial charge in [-0.2, -0.15) is 0 Å². The average molecular weight is 604 g/mol. The second-order valence-electron chi connectivity index (χ2n) is 7.63. The number of hydrogen-bond donors (Lipinski definition) is 0. The van der Waals surface area contributed by atoms with E-state index in [1.54, 1.807) is 0 Å². The fourth-order valence-corrected chi connectivity index (χ4v) is 5.50. The molecule has 2 nitrogen and oxygen atoms in total. The molecule has 4 heteroatoms. The lowest BCUT2D eigenvalue weighted by atomic mass is 9.65. The zero-order chi connectivity index (χ0) is 20.0. The molecule has 152 valence electrons. The minimum absolute atomic E-state index is 0.102. The third-order valence-corrected chi connectivity index (χ3v) is 7.29. The van der Waals surface area contributed by atoms with Crippen molar-refractivity contribution in [1.29, 1.82) is 0 Å². The van der Waals surface area contributed by atoms with Crippen LogP contribution in [0.5, 0.6) is 11.5 Å². The van der Waals surface area contributed by atoms with Crippen LogP contribution in [0, 0.1) is 7.14 Å². The normalized spacial score (nSPS) is 16.0. The van der Waals surface area contributed by atoms with E-state index in [1.165, 1.54) is 50.4 Å². The number of ether oxygens (including phenoxy) is 2. The number of benzene rings is 2. The topological polar surface area (TPSA) is 18.5 Å². The first-order valence-corrected chi connectivity index (χ1v) is 12.6. The summed E-state index contributed by atoms with van der Waals surface area (Å²) in [5.74, 6) is 2.02. The summed E-state index contributed by atoms with van der Waals surface area (Å²) in [6.45, 7) is 5.84. The van der Waals surface area contributed by atoms with Crippen molar-refractivity contribution in [1.82, 2.24) is 0 Å². The number of halogens is 2. The van der Waals surface area contributed by atoms with E-state index in [2.05, 4.69) is 95.4 Å². The van der Waals surface area contributed by atoms with Crippen LogP contribution in [0.15, 0.2) is 36.4 Å². The van der Waals surface area contributed by atoms with Gasteiger partial charge in [-0.1, -0.05) is 45.2 Å². The Hall–Kier alpha value is -0.500. The molecule has 28 heavy (non-hydrogen) atoms. The smallest absolute Gasteiger partial charge is 0.132 e. The second-order valence-corrected chi connectivity index (χ2v) is 9.95. The number of hydrogen-bond acceptors (Lipinski definition) is 2. The van der Waals surface area contributed by atoms with Gasteiger partial charge in [-0.05, 0) is 106 Å². The molecule has 3 rings (SSSR count). The van der Waals surface area contributed by atoms with E-state index in [4.69, 9.17) is 9.47 Å². The second kappa shape index (κ2) is 10.5. The fraction of sp³-hybridized carbons (Fsp3) is 0.500. The van der Waals surface area contributed by atoms with E-state index >= 15 is 0 Å². The molecule has 0 atom stereocenters. The Morgan fingerprint density at radius 3 is 1.61 bits per heavy atom. The lowest BCUT2D eigenvalue weighted by molar-refractivity contribution is 0.312. The molecule has 0 unspecified atom stereocenters. The van der Waals surface area contributed by atoms with E-state index in [-0.39, 0.29) is 5.41 Å². The molecule has 1 aliphatic rings. The van der Waals surface area contributed by atoms with Crippen LogP contribution in [0.1, 0.15) is 69.9 Å². The van der Waals surface area contributed by atoms with Crippen LogP contribution < -0.4 is 9.47 Å². The van der Waals surface area contributed by atoms with Gasteiger partial charge >= 0.3 is 0 Å². The van der Waals surface area contributed by atoms with Gasteiger partial charge in [0.05, 0.1) is 20.4 Å². The maximum Gasteiger partial charge on any atom is 0.132 e. The Balaban J connectivity index is 1.97. The van der Waals surface area contributed by atoms with Gasteiger partial charge in [-0.15, -0.1) is 0 Å². The van der Waals surface area contributed by atoms with E-state index in [0.717, 1.165) is 37.6 Å². The maximum absolute atomic E-state index is 5.91. The van der Waals surface area contributed by atoms with Crippen LogP contribution in [0.3, 0.4) is 0 Å². The van der Waals surface area contributed by atoms with Crippen molar-refractivity contribution < 1.29 is 9.47 Å². The molecule has 2 aromatic carbocycles. The third kappa shape index (κ3) is 4.97. The largest absolute Gasteiger partial charge is 0.492 e. The summed E-state index contributed by atoms with van der Waals surface area (Å²) in [4.78, 5) is 0. The minimum Gasteiger partial charge on any atom is -0.492 e. The molecule has 0 aliphatic heterocycles. The SMILES string of the molecule is CCCOc1ccc(C2(c3ccc(OCCC)c(I)c3)CCCCC2)cc1I. The van der Waals surface area contributed by atoms with Crippen LogP contribution in [-0.4, -0.2) is 13.2 Å². The van der Waals surface area contributed by atoms with Gasteiger partial charge in [-0.25, -0.2) is 0 Å². The predicted molar refractivity (Wildman–Crippen MR) is 134 cm³/mol. The van der Waals surface area contributed by atoms with Crippen molar-refractivity contribution in [2.24, 2.45) is 0 Å². The van der Waals surface area contributed by atoms with Crippen molar-refractivity contribution in [3.05, 3.63) is 54.7 Å². The van der Waals surface area contributed by atoms with E-state index in [1.807, 2.05) is 0 Å². The quantitative estimate of drug-likeness (QED) is 0.288. The first-order chi connectivity index (χ1) is 13.6. The highest BCUT2D eigenvalue weighted by molar-refractivity contribution is 14.1. The van der Waals surface area contributed by atoms with Gasteiger partial charge in [0.15, 0.2) is 0 Å². The molecule has 1 aliphatic carbocycles. The first kappa shape index (κ1) is 22.2. The Kier molecular flexibility index (Phi) is 8.33. The summed E-state index contributed by atoms with van der Waals surface area (Å²) < 4.78 is 14.3. The van der Waals surface area contributed by atoms with Gasteiger partial charge in [0.1, 0.15) is 11.5 Å². The van der Waals surface area contributed by atoms with E-state index in [0.29, 0.717) is 0 Å². The minimum atomic E-state index is 0.102. The van der Waals surface area contributed by atoms with Crippen LogP contribution >= 0.6 is 45.2 Å². The molecule has 1 saturated carbocycles. The van der Waals surface area contributed by atoms with Crippen molar-refractivity contribution in [3.63, 3.8) is 0 Å². The average Bonchev–Trinajstić information content (AvgIpc) is 2.72. The van der Waals surface area contributed by atoms with Crippen LogP contribution in [-0.2, 0) is 5.41 Å². The van der Waals surface area contributed by atoms with E-state index < -0.39 is 0 Å². The highest BCUT2D eigenvalue weighted by Gasteiger charge is 2.36. The standard InChI is InChI=1S/C24H30I2O2/c1-3-14-27-22-10-8-18(16-20(22)25)24(12-6-5-7-13-24)19-9-11-23(21(26)17-19)28-15-4-2/h8-11,16-17H,3-7,12-15H2,1-2H3. The Bertz CT molecular complexity index is 723. The number of rotatable bonds is 8. The molecule has 0 saturated heterocycles. The molecule has 0 bridgehead atoms. The summed E-state index contributed by atoms with van der Waals surface area (Å²) in [7, 11) is 0. The van der Waals surface area contributed by atoms with Crippen LogP contribution in [0.25, 0.3) is 0 Å². The molecule has 0 aromatic heterocycles. The molecule has 2 aromatic rings. The summed E-state index contributed by atoms with van der Waals surface area (Å²) >= 11 is 4.86. The molecule has 1 fully saturated rings. The predicted octanol–water partition coefficient (Wildman–Crippen LogP) is 7.72. The van der Waals surface area contributed by atoms with Gasteiger partial charge in [0.2, 0.25) is 0 Å². The summed E-state index contributed by atoms with van der Waals surface area (Å²) in [5.41, 5.74) is 2.96. The summed E-state index contributed by atoms with van der Waals surface area (Å²) in [6.07, 6.45) is 8.41. The maximum atomic E-state index is 5.91. The molecular formula is C24H30I2O2. The zero-order valence-corrected chi connectivity index (χ0v) is 21.2. The molecule has 0 heterocycles. The lowest BCUT2D eigenvalue weighted by Gasteiger charge is -2.39. The van der Waals surface area contributed by atoms with Crippen molar-refractivity contribution in [2.75, 3.05) is 13.2 Å². The van der Waals surface area contributed by atoms with Gasteiger partial charge in [0.25, 0.3) is 0 Å².